The standard InChI is InChI=1S/C13H17N3/c1-3-11-5-4-6-12(7-11)14-8-13-10(2)15-9-16-13/h4-7,9,14H,3,8H2,1-2H3,(H,15,16). The zero-order valence-corrected chi connectivity index (χ0v) is 9.75. The van der Waals surface area contributed by atoms with Crippen molar-refractivity contribution in [3.8, 4) is 0 Å². The SMILES string of the molecule is CCc1cccc(NCc2nc[nH]c2C)c1. The van der Waals surface area contributed by atoms with Crippen LogP contribution in [0.1, 0.15) is 23.9 Å². The van der Waals surface area contributed by atoms with Crippen molar-refractivity contribution in [2.75, 3.05) is 5.32 Å². The van der Waals surface area contributed by atoms with Crippen LogP contribution in [0.2, 0.25) is 0 Å². The first kappa shape index (κ1) is 10.7. The molecule has 16 heavy (non-hydrogen) atoms. The summed E-state index contributed by atoms with van der Waals surface area (Å²) >= 11 is 0. The molecule has 0 radical (unpaired) electrons. The van der Waals surface area contributed by atoms with Gasteiger partial charge in [-0.15, -0.1) is 0 Å². The van der Waals surface area contributed by atoms with E-state index in [-0.39, 0.29) is 0 Å². The van der Waals surface area contributed by atoms with E-state index in [1.165, 1.54) is 5.56 Å². The van der Waals surface area contributed by atoms with E-state index in [4.69, 9.17) is 0 Å². The van der Waals surface area contributed by atoms with Crippen molar-refractivity contribution in [3.63, 3.8) is 0 Å². The quantitative estimate of drug-likeness (QED) is 0.823. The number of aromatic amines is 1. The van der Waals surface area contributed by atoms with Crippen LogP contribution in [-0.2, 0) is 13.0 Å². The van der Waals surface area contributed by atoms with Gasteiger partial charge in [-0.1, -0.05) is 19.1 Å². The number of H-pyrrole nitrogens is 1. The lowest BCUT2D eigenvalue weighted by molar-refractivity contribution is 1.05. The Kier molecular flexibility index (Phi) is 3.25. The predicted octanol–water partition coefficient (Wildman–Crippen LogP) is 2.89. The molecular formula is C13H17N3. The average molecular weight is 215 g/mol. The van der Waals surface area contributed by atoms with Crippen LogP contribution >= 0.6 is 0 Å². The summed E-state index contributed by atoms with van der Waals surface area (Å²) in [6.07, 6.45) is 2.80. The minimum atomic E-state index is 0.766. The number of anilines is 1. The third-order valence-electron chi connectivity index (χ3n) is 2.73. The van der Waals surface area contributed by atoms with Crippen LogP contribution < -0.4 is 5.32 Å². The number of aromatic nitrogens is 2. The molecule has 0 spiro atoms. The molecule has 0 saturated heterocycles. The van der Waals surface area contributed by atoms with Crippen LogP contribution in [0.4, 0.5) is 5.69 Å². The summed E-state index contributed by atoms with van der Waals surface area (Å²) in [6, 6.07) is 8.49. The average Bonchev–Trinajstić information content (AvgIpc) is 2.72. The number of hydrogen-bond acceptors (Lipinski definition) is 2. The van der Waals surface area contributed by atoms with Crippen molar-refractivity contribution >= 4 is 5.69 Å². The molecule has 0 aliphatic heterocycles. The number of nitrogens with zero attached hydrogens (tertiary/aromatic N) is 1. The van der Waals surface area contributed by atoms with Gasteiger partial charge in [0.2, 0.25) is 0 Å². The van der Waals surface area contributed by atoms with Crippen molar-refractivity contribution in [3.05, 3.63) is 47.5 Å². The van der Waals surface area contributed by atoms with Gasteiger partial charge >= 0.3 is 0 Å². The molecule has 0 atom stereocenters. The minimum absolute atomic E-state index is 0.766. The fourth-order valence-electron chi connectivity index (χ4n) is 1.65. The van der Waals surface area contributed by atoms with Crippen molar-refractivity contribution in [1.29, 1.82) is 0 Å². The first-order valence-electron chi connectivity index (χ1n) is 5.61. The maximum atomic E-state index is 4.26. The molecule has 3 heteroatoms. The molecule has 1 aromatic carbocycles. The lowest BCUT2D eigenvalue weighted by Crippen LogP contribution is -2.01. The molecular weight excluding hydrogens is 198 g/mol. The Morgan fingerprint density at radius 1 is 1.38 bits per heavy atom. The topological polar surface area (TPSA) is 40.7 Å². The molecule has 1 heterocycles. The highest BCUT2D eigenvalue weighted by molar-refractivity contribution is 5.46. The van der Waals surface area contributed by atoms with Gasteiger partial charge in [-0.25, -0.2) is 4.98 Å². The van der Waals surface area contributed by atoms with Gasteiger partial charge in [0.15, 0.2) is 0 Å². The molecule has 0 unspecified atom stereocenters. The van der Waals surface area contributed by atoms with E-state index < -0.39 is 0 Å². The van der Waals surface area contributed by atoms with Gasteiger partial charge in [-0.2, -0.15) is 0 Å². The van der Waals surface area contributed by atoms with E-state index in [1.807, 2.05) is 6.92 Å². The van der Waals surface area contributed by atoms with Gasteiger partial charge in [0.1, 0.15) is 0 Å². The van der Waals surface area contributed by atoms with Gasteiger partial charge in [-0.3, -0.25) is 0 Å². The minimum Gasteiger partial charge on any atom is -0.379 e. The smallest absolute Gasteiger partial charge is 0.0925 e. The van der Waals surface area contributed by atoms with Gasteiger partial charge < -0.3 is 10.3 Å². The molecule has 2 N–H and O–H groups in total. The Balaban J connectivity index is 2.02. The molecule has 0 aliphatic rings. The maximum absolute atomic E-state index is 4.26. The number of nitrogens with one attached hydrogen (secondary N) is 2. The molecule has 1 aromatic heterocycles. The Labute approximate surface area is 95.9 Å². The number of imidazole rings is 1. The van der Waals surface area contributed by atoms with Gasteiger partial charge in [0.05, 0.1) is 18.6 Å². The number of rotatable bonds is 4. The van der Waals surface area contributed by atoms with Crippen LogP contribution in [0, 0.1) is 6.92 Å². The molecule has 0 fully saturated rings. The van der Waals surface area contributed by atoms with E-state index in [2.05, 4.69) is 46.5 Å². The van der Waals surface area contributed by atoms with E-state index >= 15 is 0 Å². The summed E-state index contributed by atoms with van der Waals surface area (Å²) in [5.41, 5.74) is 4.70. The summed E-state index contributed by atoms with van der Waals surface area (Å²) < 4.78 is 0. The predicted molar refractivity (Wildman–Crippen MR) is 66.5 cm³/mol. The number of aryl methyl sites for hydroxylation is 2. The van der Waals surface area contributed by atoms with Crippen molar-refractivity contribution in [1.82, 2.24) is 9.97 Å². The van der Waals surface area contributed by atoms with Gasteiger partial charge in [-0.05, 0) is 31.0 Å². The summed E-state index contributed by atoms with van der Waals surface area (Å²) in [6.45, 7) is 4.96. The Bertz CT molecular complexity index is 460. The van der Waals surface area contributed by atoms with Crippen LogP contribution in [-0.4, -0.2) is 9.97 Å². The second-order valence-corrected chi connectivity index (χ2v) is 3.88. The van der Waals surface area contributed by atoms with Crippen LogP contribution in [0.5, 0.6) is 0 Å². The molecule has 84 valence electrons. The Morgan fingerprint density at radius 3 is 2.94 bits per heavy atom. The van der Waals surface area contributed by atoms with Crippen molar-refractivity contribution < 1.29 is 0 Å². The molecule has 0 bridgehead atoms. The summed E-state index contributed by atoms with van der Waals surface area (Å²) in [5.74, 6) is 0. The summed E-state index contributed by atoms with van der Waals surface area (Å²) in [5, 5.41) is 3.38. The molecule has 2 rings (SSSR count). The van der Waals surface area contributed by atoms with Crippen LogP contribution in [0.15, 0.2) is 30.6 Å². The highest BCUT2D eigenvalue weighted by Gasteiger charge is 2.00. The Hall–Kier alpha value is -1.77. The molecule has 0 saturated carbocycles. The van der Waals surface area contributed by atoms with Gasteiger partial charge in [0, 0.05) is 11.4 Å². The zero-order valence-electron chi connectivity index (χ0n) is 9.75. The monoisotopic (exact) mass is 215 g/mol. The van der Waals surface area contributed by atoms with Crippen LogP contribution in [0.3, 0.4) is 0 Å². The second kappa shape index (κ2) is 4.84. The molecule has 3 nitrogen and oxygen atoms in total. The summed E-state index contributed by atoms with van der Waals surface area (Å²) in [4.78, 5) is 7.33. The zero-order chi connectivity index (χ0) is 11.4. The van der Waals surface area contributed by atoms with E-state index in [0.29, 0.717) is 0 Å². The Morgan fingerprint density at radius 2 is 2.25 bits per heavy atom. The first-order valence-corrected chi connectivity index (χ1v) is 5.61. The normalized spacial score (nSPS) is 10.4. The fraction of sp³-hybridized carbons (Fsp3) is 0.308. The van der Waals surface area contributed by atoms with Crippen LogP contribution in [0.25, 0.3) is 0 Å². The first-order chi connectivity index (χ1) is 7.79. The maximum Gasteiger partial charge on any atom is 0.0925 e. The highest BCUT2D eigenvalue weighted by atomic mass is 14.9. The molecule has 2 aromatic rings. The lowest BCUT2D eigenvalue weighted by Gasteiger charge is -2.06. The number of hydrogen-bond donors (Lipinski definition) is 2. The fourth-order valence-corrected chi connectivity index (χ4v) is 1.65. The van der Waals surface area contributed by atoms with Gasteiger partial charge in [0.25, 0.3) is 0 Å². The molecule has 0 aliphatic carbocycles. The number of benzene rings is 1. The van der Waals surface area contributed by atoms with Crippen molar-refractivity contribution in [2.45, 2.75) is 26.8 Å². The third-order valence-corrected chi connectivity index (χ3v) is 2.73. The van der Waals surface area contributed by atoms with Crippen molar-refractivity contribution in [2.24, 2.45) is 0 Å². The largest absolute Gasteiger partial charge is 0.379 e. The highest BCUT2D eigenvalue weighted by Crippen LogP contribution is 2.12. The molecule has 0 amide bonds. The third kappa shape index (κ3) is 2.42. The van der Waals surface area contributed by atoms with E-state index in [1.54, 1.807) is 6.33 Å². The van der Waals surface area contributed by atoms with E-state index in [9.17, 15) is 0 Å². The summed E-state index contributed by atoms with van der Waals surface area (Å²) in [7, 11) is 0. The second-order valence-electron chi connectivity index (χ2n) is 3.88. The van der Waals surface area contributed by atoms with E-state index in [0.717, 1.165) is 30.0 Å². The lowest BCUT2D eigenvalue weighted by atomic mass is 10.1.